The third-order valence-corrected chi connectivity index (χ3v) is 4.20. The minimum atomic E-state index is -0.00769. The zero-order chi connectivity index (χ0) is 13.7. The van der Waals surface area contributed by atoms with Crippen molar-refractivity contribution in [2.24, 2.45) is 11.7 Å². The van der Waals surface area contributed by atoms with Gasteiger partial charge in [-0.1, -0.05) is 31.7 Å². The highest BCUT2D eigenvalue weighted by Gasteiger charge is 2.20. The third kappa shape index (κ3) is 3.41. The van der Waals surface area contributed by atoms with E-state index in [0.717, 1.165) is 29.4 Å². The smallest absolute Gasteiger partial charge is 0.127 e. The van der Waals surface area contributed by atoms with Crippen molar-refractivity contribution in [1.29, 1.82) is 0 Å². The topological polar surface area (TPSA) is 44.5 Å². The Balaban J connectivity index is 2.05. The molecule has 1 aromatic carbocycles. The highest BCUT2D eigenvalue weighted by molar-refractivity contribution is 5.46. The van der Waals surface area contributed by atoms with Crippen molar-refractivity contribution in [3.05, 3.63) is 23.8 Å². The van der Waals surface area contributed by atoms with E-state index >= 15 is 0 Å². The van der Waals surface area contributed by atoms with Crippen molar-refractivity contribution in [2.75, 3.05) is 14.2 Å². The van der Waals surface area contributed by atoms with E-state index in [-0.39, 0.29) is 6.04 Å². The molecule has 0 radical (unpaired) electrons. The van der Waals surface area contributed by atoms with Gasteiger partial charge in [-0.2, -0.15) is 0 Å². The van der Waals surface area contributed by atoms with E-state index < -0.39 is 0 Å². The van der Waals surface area contributed by atoms with Crippen LogP contribution in [0.15, 0.2) is 18.2 Å². The molecule has 2 N–H and O–H groups in total. The van der Waals surface area contributed by atoms with E-state index in [9.17, 15) is 0 Å². The average Bonchev–Trinajstić information content (AvgIpc) is 2.97. The second-order valence-electron chi connectivity index (χ2n) is 5.41. The lowest BCUT2D eigenvalue weighted by Crippen LogP contribution is -2.14. The van der Waals surface area contributed by atoms with Crippen molar-refractivity contribution in [1.82, 2.24) is 0 Å². The molecule has 1 aliphatic rings. The first-order valence-electron chi connectivity index (χ1n) is 7.22. The summed E-state index contributed by atoms with van der Waals surface area (Å²) >= 11 is 0. The van der Waals surface area contributed by atoms with Crippen molar-refractivity contribution >= 4 is 0 Å². The summed E-state index contributed by atoms with van der Waals surface area (Å²) in [5.74, 6) is 2.53. The van der Waals surface area contributed by atoms with Crippen LogP contribution in [0.2, 0.25) is 0 Å². The average molecular weight is 263 g/mol. The molecular weight excluding hydrogens is 238 g/mol. The van der Waals surface area contributed by atoms with Crippen molar-refractivity contribution in [2.45, 2.75) is 44.6 Å². The standard InChI is InChI=1S/C16H25NO2/c1-18-14-8-5-9-15(19-2)16(14)13(17)11-10-12-6-3-4-7-12/h5,8-9,12-13H,3-4,6-7,10-11,17H2,1-2H3. The molecular formula is C16H25NO2. The monoisotopic (exact) mass is 263 g/mol. The molecule has 1 atom stereocenters. The van der Waals surface area contributed by atoms with Crippen LogP contribution >= 0.6 is 0 Å². The van der Waals surface area contributed by atoms with E-state index in [1.165, 1.54) is 32.1 Å². The molecule has 0 spiro atoms. The van der Waals surface area contributed by atoms with E-state index in [1.807, 2.05) is 18.2 Å². The minimum absolute atomic E-state index is 0.00769. The van der Waals surface area contributed by atoms with E-state index in [4.69, 9.17) is 15.2 Å². The number of nitrogens with two attached hydrogens (primary N) is 1. The van der Waals surface area contributed by atoms with Gasteiger partial charge in [-0.25, -0.2) is 0 Å². The number of hydrogen-bond donors (Lipinski definition) is 1. The summed E-state index contributed by atoms with van der Waals surface area (Å²) in [6, 6.07) is 5.83. The summed E-state index contributed by atoms with van der Waals surface area (Å²) in [6.07, 6.45) is 7.73. The first-order chi connectivity index (χ1) is 9.26. The van der Waals surface area contributed by atoms with Crippen LogP contribution < -0.4 is 15.2 Å². The summed E-state index contributed by atoms with van der Waals surface area (Å²) in [6.45, 7) is 0. The second kappa shape index (κ2) is 6.80. The Labute approximate surface area is 116 Å². The molecule has 3 nitrogen and oxygen atoms in total. The second-order valence-corrected chi connectivity index (χ2v) is 5.41. The Bertz CT molecular complexity index is 377. The molecule has 3 heteroatoms. The van der Waals surface area contributed by atoms with Crippen LogP contribution in [0.4, 0.5) is 0 Å². The van der Waals surface area contributed by atoms with Gasteiger partial charge >= 0.3 is 0 Å². The molecule has 1 unspecified atom stereocenters. The molecule has 0 heterocycles. The van der Waals surface area contributed by atoms with Gasteiger partial charge in [-0.05, 0) is 30.9 Å². The van der Waals surface area contributed by atoms with Crippen LogP contribution in [-0.2, 0) is 0 Å². The summed E-state index contributed by atoms with van der Waals surface area (Å²) in [5.41, 5.74) is 7.37. The SMILES string of the molecule is COc1cccc(OC)c1C(N)CCC1CCCC1. The molecule has 1 aromatic rings. The van der Waals surface area contributed by atoms with Crippen LogP contribution in [0.5, 0.6) is 11.5 Å². The number of hydrogen-bond acceptors (Lipinski definition) is 3. The van der Waals surface area contributed by atoms with Gasteiger partial charge in [0, 0.05) is 6.04 Å². The molecule has 0 bridgehead atoms. The maximum absolute atomic E-state index is 6.37. The molecule has 19 heavy (non-hydrogen) atoms. The predicted molar refractivity (Wildman–Crippen MR) is 77.7 cm³/mol. The first-order valence-corrected chi connectivity index (χ1v) is 7.22. The number of benzene rings is 1. The lowest BCUT2D eigenvalue weighted by molar-refractivity contribution is 0.371. The quantitative estimate of drug-likeness (QED) is 0.851. The number of ether oxygens (including phenoxy) is 2. The molecule has 0 aromatic heterocycles. The third-order valence-electron chi connectivity index (χ3n) is 4.20. The van der Waals surface area contributed by atoms with E-state index in [2.05, 4.69) is 0 Å². The van der Waals surface area contributed by atoms with Crippen LogP contribution in [0.25, 0.3) is 0 Å². The maximum atomic E-state index is 6.37. The van der Waals surface area contributed by atoms with Gasteiger partial charge in [-0.15, -0.1) is 0 Å². The normalized spacial score (nSPS) is 17.4. The number of rotatable bonds is 6. The van der Waals surface area contributed by atoms with Gasteiger partial charge in [0.1, 0.15) is 11.5 Å². The molecule has 2 rings (SSSR count). The molecule has 1 saturated carbocycles. The fraction of sp³-hybridized carbons (Fsp3) is 0.625. The van der Waals surface area contributed by atoms with Gasteiger partial charge < -0.3 is 15.2 Å². The van der Waals surface area contributed by atoms with Gasteiger partial charge in [-0.3, -0.25) is 0 Å². The highest BCUT2D eigenvalue weighted by Crippen LogP contribution is 2.37. The van der Waals surface area contributed by atoms with Gasteiger partial charge in [0.25, 0.3) is 0 Å². The summed E-state index contributed by atoms with van der Waals surface area (Å²) < 4.78 is 10.8. The van der Waals surface area contributed by atoms with Crippen LogP contribution in [0, 0.1) is 5.92 Å². The van der Waals surface area contributed by atoms with Gasteiger partial charge in [0.2, 0.25) is 0 Å². The lowest BCUT2D eigenvalue weighted by atomic mass is 9.94. The summed E-state index contributed by atoms with van der Waals surface area (Å²) in [4.78, 5) is 0. The maximum Gasteiger partial charge on any atom is 0.127 e. The molecule has 0 amide bonds. The number of methoxy groups -OCH3 is 2. The first kappa shape index (κ1) is 14.2. The molecule has 0 saturated heterocycles. The minimum Gasteiger partial charge on any atom is -0.496 e. The van der Waals surface area contributed by atoms with Crippen molar-refractivity contribution in [3.8, 4) is 11.5 Å². The molecule has 1 aliphatic carbocycles. The van der Waals surface area contributed by atoms with E-state index in [1.54, 1.807) is 14.2 Å². The molecule has 0 aliphatic heterocycles. The van der Waals surface area contributed by atoms with Crippen LogP contribution in [0.1, 0.15) is 50.1 Å². The summed E-state index contributed by atoms with van der Waals surface area (Å²) in [5, 5.41) is 0. The van der Waals surface area contributed by atoms with Crippen LogP contribution in [0.3, 0.4) is 0 Å². The Morgan fingerprint density at radius 3 is 2.26 bits per heavy atom. The summed E-state index contributed by atoms with van der Waals surface area (Å²) in [7, 11) is 3.37. The largest absolute Gasteiger partial charge is 0.496 e. The Kier molecular flexibility index (Phi) is 5.08. The van der Waals surface area contributed by atoms with Crippen LogP contribution in [-0.4, -0.2) is 14.2 Å². The lowest BCUT2D eigenvalue weighted by Gasteiger charge is -2.20. The Morgan fingerprint density at radius 1 is 1.16 bits per heavy atom. The van der Waals surface area contributed by atoms with Gasteiger partial charge in [0.05, 0.1) is 19.8 Å². The fourth-order valence-electron chi connectivity index (χ4n) is 3.10. The Hall–Kier alpha value is -1.22. The van der Waals surface area contributed by atoms with Crippen molar-refractivity contribution in [3.63, 3.8) is 0 Å². The predicted octanol–water partition coefficient (Wildman–Crippen LogP) is 3.67. The zero-order valence-corrected chi connectivity index (χ0v) is 12.0. The zero-order valence-electron chi connectivity index (χ0n) is 12.0. The highest BCUT2D eigenvalue weighted by atomic mass is 16.5. The Morgan fingerprint density at radius 2 is 1.74 bits per heavy atom. The van der Waals surface area contributed by atoms with Gasteiger partial charge in [0.15, 0.2) is 0 Å². The molecule has 106 valence electrons. The van der Waals surface area contributed by atoms with E-state index in [0.29, 0.717) is 0 Å². The molecule has 1 fully saturated rings. The fourth-order valence-corrected chi connectivity index (χ4v) is 3.10. The van der Waals surface area contributed by atoms with Crippen molar-refractivity contribution < 1.29 is 9.47 Å².